The van der Waals surface area contributed by atoms with Crippen LogP contribution in [-0.4, -0.2) is 46.4 Å². The van der Waals surface area contributed by atoms with Crippen molar-refractivity contribution in [1.82, 2.24) is 10.2 Å². The van der Waals surface area contributed by atoms with Crippen molar-refractivity contribution in [2.45, 2.75) is 57.0 Å². The van der Waals surface area contributed by atoms with E-state index in [1.54, 1.807) is 17.0 Å². The minimum absolute atomic E-state index is 0.00871. The zero-order valence-corrected chi connectivity index (χ0v) is 14.1. The average Bonchev–Trinajstić information content (AvgIpc) is 3.16. The molecule has 7 nitrogen and oxygen atoms in total. The van der Waals surface area contributed by atoms with Crippen LogP contribution >= 0.6 is 0 Å². The number of aliphatic carboxylic acids is 1. The molecule has 1 aromatic heterocycles. The molecular weight excluding hydrogens is 324 g/mol. The van der Waals surface area contributed by atoms with Crippen molar-refractivity contribution in [3.05, 3.63) is 24.2 Å². The third kappa shape index (κ3) is 4.03. The molecule has 0 aromatic carbocycles. The molecule has 2 amide bonds. The Morgan fingerprint density at radius 2 is 1.88 bits per heavy atom. The molecule has 2 fully saturated rings. The highest BCUT2D eigenvalue weighted by molar-refractivity contribution is 5.95. The Balaban J connectivity index is 1.60. The lowest BCUT2D eigenvalue weighted by molar-refractivity contribution is -0.142. The summed E-state index contributed by atoms with van der Waals surface area (Å²) in [6, 6.07) is 2.78. The number of nitrogens with zero attached hydrogens (tertiary/aromatic N) is 1. The van der Waals surface area contributed by atoms with Gasteiger partial charge in [-0.25, -0.2) is 0 Å². The number of carbonyl (C=O) groups excluding carboxylic acids is 2. The van der Waals surface area contributed by atoms with Gasteiger partial charge < -0.3 is 19.7 Å². The van der Waals surface area contributed by atoms with Gasteiger partial charge in [-0.1, -0.05) is 0 Å². The summed E-state index contributed by atoms with van der Waals surface area (Å²) in [4.78, 5) is 37.9. The number of carboxylic acid groups (broad SMARTS) is 1. The number of piperidine rings is 1. The van der Waals surface area contributed by atoms with E-state index in [-0.39, 0.29) is 29.5 Å². The normalized spacial score (nSPS) is 26.9. The summed E-state index contributed by atoms with van der Waals surface area (Å²) >= 11 is 0. The van der Waals surface area contributed by atoms with Gasteiger partial charge in [-0.3, -0.25) is 14.4 Å². The lowest BCUT2D eigenvalue weighted by Crippen LogP contribution is -2.54. The molecule has 1 unspecified atom stereocenters. The minimum atomic E-state index is -0.757. The van der Waals surface area contributed by atoms with Crippen molar-refractivity contribution in [2.75, 3.05) is 6.54 Å². The third-order valence-corrected chi connectivity index (χ3v) is 5.22. The van der Waals surface area contributed by atoms with E-state index < -0.39 is 12.0 Å². The quantitative estimate of drug-likeness (QED) is 0.867. The van der Waals surface area contributed by atoms with Crippen LogP contribution < -0.4 is 5.32 Å². The van der Waals surface area contributed by atoms with Gasteiger partial charge in [-0.2, -0.15) is 0 Å². The van der Waals surface area contributed by atoms with Crippen LogP contribution in [0.4, 0.5) is 0 Å². The van der Waals surface area contributed by atoms with Gasteiger partial charge in [0.15, 0.2) is 5.76 Å². The Morgan fingerprint density at radius 3 is 2.52 bits per heavy atom. The molecule has 136 valence electrons. The molecule has 2 N–H and O–H groups in total. The van der Waals surface area contributed by atoms with E-state index in [0.29, 0.717) is 38.6 Å². The number of hydrogen-bond acceptors (Lipinski definition) is 4. The van der Waals surface area contributed by atoms with Gasteiger partial charge in [-0.05, 0) is 57.1 Å². The Hall–Kier alpha value is -2.31. The first kappa shape index (κ1) is 17.5. The molecule has 2 aliphatic rings. The molecule has 25 heavy (non-hydrogen) atoms. The lowest BCUT2D eigenvalue weighted by atomic mass is 9.86. The van der Waals surface area contributed by atoms with E-state index >= 15 is 0 Å². The molecular formula is C18H24N2O5. The fourth-order valence-corrected chi connectivity index (χ4v) is 3.77. The van der Waals surface area contributed by atoms with E-state index in [2.05, 4.69) is 5.32 Å². The van der Waals surface area contributed by atoms with Gasteiger partial charge in [-0.15, -0.1) is 0 Å². The van der Waals surface area contributed by atoms with E-state index in [1.807, 2.05) is 0 Å². The number of carbonyl (C=O) groups is 3. The number of carboxylic acids is 1. The Labute approximate surface area is 146 Å². The molecule has 1 atom stereocenters. The number of furan rings is 1. The monoisotopic (exact) mass is 348 g/mol. The largest absolute Gasteiger partial charge is 0.481 e. The fourth-order valence-electron chi connectivity index (χ4n) is 3.77. The van der Waals surface area contributed by atoms with Crippen LogP contribution in [0, 0.1) is 5.92 Å². The van der Waals surface area contributed by atoms with Crippen LogP contribution in [-0.2, 0) is 9.59 Å². The summed E-state index contributed by atoms with van der Waals surface area (Å²) in [6.45, 7) is 0.545. The number of nitrogens with one attached hydrogen (secondary N) is 1. The Kier molecular flexibility index (Phi) is 5.40. The zero-order chi connectivity index (χ0) is 17.8. The molecule has 1 aliphatic carbocycles. The van der Waals surface area contributed by atoms with Crippen LogP contribution in [0.2, 0.25) is 0 Å². The van der Waals surface area contributed by atoms with E-state index in [0.717, 1.165) is 12.8 Å². The van der Waals surface area contributed by atoms with Gasteiger partial charge in [0.05, 0.1) is 12.2 Å². The van der Waals surface area contributed by atoms with Crippen molar-refractivity contribution >= 4 is 17.8 Å². The first-order valence-corrected chi connectivity index (χ1v) is 8.94. The maximum absolute atomic E-state index is 12.7. The van der Waals surface area contributed by atoms with Crippen LogP contribution in [0.5, 0.6) is 0 Å². The summed E-state index contributed by atoms with van der Waals surface area (Å²) in [5.41, 5.74) is 0. The van der Waals surface area contributed by atoms with Crippen LogP contribution in [0.15, 0.2) is 22.8 Å². The van der Waals surface area contributed by atoms with Crippen LogP contribution in [0.3, 0.4) is 0 Å². The fraction of sp³-hybridized carbons (Fsp3) is 0.611. The predicted molar refractivity (Wildman–Crippen MR) is 88.9 cm³/mol. The number of amides is 2. The van der Waals surface area contributed by atoms with Crippen LogP contribution in [0.25, 0.3) is 0 Å². The molecule has 1 aliphatic heterocycles. The summed E-state index contributed by atoms with van der Waals surface area (Å²) in [7, 11) is 0. The summed E-state index contributed by atoms with van der Waals surface area (Å²) in [5, 5.41) is 12.1. The molecule has 1 saturated heterocycles. The summed E-state index contributed by atoms with van der Waals surface area (Å²) in [6.07, 6.45) is 6.38. The highest BCUT2D eigenvalue weighted by atomic mass is 16.4. The standard InChI is InChI=1S/C18H24N2O5/c21-16(19-13-8-6-12(7-9-13)18(23)24)14-4-1-2-10-20(14)17(22)15-5-3-11-25-15/h3,5,11-14H,1-2,4,6-10H2,(H,19,21)(H,23,24). The van der Waals surface area contributed by atoms with Crippen molar-refractivity contribution < 1.29 is 23.9 Å². The van der Waals surface area contributed by atoms with Gasteiger partial charge in [0, 0.05) is 12.6 Å². The molecule has 0 spiro atoms. The molecule has 1 aromatic rings. The van der Waals surface area contributed by atoms with E-state index in [9.17, 15) is 14.4 Å². The smallest absolute Gasteiger partial charge is 0.306 e. The van der Waals surface area contributed by atoms with Gasteiger partial charge >= 0.3 is 5.97 Å². The second kappa shape index (κ2) is 7.72. The predicted octanol–water partition coefficient (Wildman–Crippen LogP) is 2.03. The SMILES string of the molecule is O=C(O)C1CCC(NC(=O)C2CCCCN2C(=O)c2ccco2)CC1. The zero-order valence-electron chi connectivity index (χ0n) is 14.1. The number of likely N-dealkylation sites (tertiary alicyclic amines) is 1. The lowest BCUT2D eigenvalue weighted by Gasteiger charge is -2.36. The molecule has 0 radical (unpaired) electrons. The van der Waals surface area contributed by atoms with Crippen molar-refractivity contribution in [3.63, 3.8) is 0 Å². The minimum Gasteiger partial charge on any atom is -0.481 e. The maximum Gasteiger partial charge on any atom is 0.306 e. The van der Waals surface area contributed by atoms with Gasteiger partial charge in [0.25, 0.3) is 5.91 Å². The number of rotatable bonds is 4. The molecule has 2 heterocycles. The highest BCUT2D eigenvalue weighted by Gasteiger charge is 2.35. The van der Waals surface area contributed by atoms with Crippen molar-refractivity contribution in [2.24, 2.45) is 5.92 Å². The van der Waals surface area contributed by atoms with Crippen LogP contribution in [0.1, 0.15) is 55.5 Å². The van der Waals surface area contributed by atoms with Gasteiger partial charge in [0.2, 0.25) is 5.91 Å². The molecule has 0 bridgehead atoms. The molecule has 7 heteroatoms. The Bertz CT molecular complexity index is 619. The summed E-state index contributed by atoms with van der Waals surface area (Å²) in [5.74, 6) is -1.20. The number of hydrogen-bond donors (Lipinski definition) is 2. The van der Waals surface area contributed by atoms with Gasteiger partial charge in [0.1, 0.15) is 6.04 Å². The second-order valence-corrected chi connectivity index (χ2v) is 6.88. The third-order valence-electron chi connectivity index (χ3n) is 5.22. The van der Waals surface area contributed by atoms with Crippen molar-refractivity contribution in [1.29, 1.82) is 0 Å². The highest BCUT2D eigenvalue weighted by Crippen LogP contribution is 2.25. The maximum atomic E-state index is 12.7. The molecule has 1 saturated carbocycles. The second-order valence-electron chi connectivity index (χ2n) is 6.88. The summed E-state index contributed by atoms with van der Waals surface area (Å²) < 4.78 is 5.18. The average molecular weight is 348 g/mol. The topological polar surface area (TPSA) is 99.9 Å². The first-order chi connectivity index (χ1) is 12.1. The first-order valence-electron chi connectivity index (χ1n) is 8.94. The van der Waals surface area contributed by atoms with E-state index in [1.165, 1.54) is 6.26 Å². The molecule has 3 rings (SSSR count). The van der Waals surface area contributed by atoms with Crippen molar-refractivity contribution in [3.8, 4) is 0 Å². The van der Waals surface area contributed by atoms with E-state index in [4.69, 9.17) is 9.52 Å². The Morgan fingerprint density at radius 1 is 1.12 bits per heavy atom.